The molecule has 0 aliphatic carbocycles. The molecule has 24 heavy (non-hydrogen) atoms. The van der Waals surface area contributed by atoms with E-state index < -0.39 is 0 Å². The predicted octanol–water partition coefficient (Wildman–Crippen LogP) is 0.712. The van der Waals surface area contributed by atoms with Crippen molar-refractivity contribution < 1.29 is 14.3 Å². The predicted molar refractivity (Wildman–Crippen MR) is 86.0 cm³/mol. The molecule has 1 atom stereocenters. The van der Waals surface area contributed by atoms with Gasteiger partial charge < -0.3 is 14.5 Å². The maximum atomic E-state index is 12.8. The van der Waals surface area contributed by atoms with Gasteiger partial charge in [-0.25, -0.2) is 0 Å². The third-order valence-electron chi connectivity index (χ3n) is 5.47. The minimum atomic E-state index is -0.251. The number of amides is 2. The molecule has 3 aliphatic heterocycles. The van der Waals surface area contributed by atoms with Crippen molar-refractivity contribution in [1.82, 2.24) is 20.0 Å². The zero-order valence-corrected chi connectivity index (χ0v) is 13.9. The molecule has 2 amide bonds. The van der Waals surface area contributed by atoms with Crippen LogP contribution in [0.3, 0.4) is 0 Å². The van der Waals surface area contributed by atoms with Crippen molar-refractivity contribution in [2.45, 2.75) is 44.8 Å². The molecule has 7 heteroatoms. The summed E-state index contributed by atoms with van der Waals surface area (Å²) in [4.78, 5) is 29.0. The van der Waals surface area contributed by atoms with Gasteiger partial charge in [-0.05, 0) is 25.7 Å². The molecule has 7 nitrogen and oxygen atoms in total. The summed E-state index contributed by atoms with van der Waals surface area (Å²) in [5.41, 5.74) is 2.27. The maximum Gasteiger partial charge on any atom is 0.251 e. The van der Waals surface area contributed by atoms with E-state index in [9.17, 15) is 9.59 Å². The van der Waals surface area contributed by atoms with Gasteiger partial charge in [-0.3, -0.25) is 14.7 Å². The van der Waals surface area contributed by atoms with Gasteiger partial charge in [0.2, 0.25) is 5.91 Å². The van der Waals surface area contributed by atoms with Gasteiger partial charge in [-0.1, -0.05) is 0 Å². The van der Waals surface area contributed by atoms with Gasteiger partial charge in [0.15, 0.2) is 0 Å². The van der Waals surface area contributed by atoms with Crippen molar-refractivity contribution in [3.05, 3.63) is 17.5 Å². The number of piperidine rings is 1. The fraction of sp³-hybridized carbons (Fsp3) is 0.706. The molecule has 0 unspecified atom stereocenters. The first-order valence-corrected chi connectivity index (χ1v) is 8.92. The number of nitrogens with zero attached hydrogens (tertiary/aromatic N) is 3. The van der Waals surface area contributed by atoms with Crippen molar-refractivity contribution in [3.63, 3.8) is 0 Å². The van der Waals surface area contributed by atoms with Gasteiger partial charge in [-0.15, -0.1) is 0 Å². The van der Waals surface area contributed by atoms with Crippen LogP contribution in [0, 0.1) is 5.92 Å². The normalized spacial score (nSPS) is 24.9. The van der Waals surface area contributed by atoms with Gasteiger partial charge in [0.05, 0.1) is 6.20 Å². The minimum absolute atomic E-state index is 0.0343. The van der Waals surface area contributed by atoms with Crippen LogP contribution >= 0.6 is 0 Å². The summed E-state index contributed by atoms with van der Waals surface area (Å²) in [5, 5.41) is 7.06. The third-order valence-corrected chi connectivity index (χ3v) is 5.47. The summed E-state index contributed by atoms with van der Waals surface area (Å²) in [5.74, 6) is 0.373. The van der Waals surface area contributed by atoms with Crippen molar-refractivity contribution in [2.75, 3.05) is 26.2 Å². The quantitative estimate of drug-likeness (QED) is 0.865. The number of carbonyl (C=O) groups excluding carboxylic acids is 2. The zero-order valence-electron chi connectivity index (χ0n) is 13.9. The Morgan fingerprint density at radius 3 is 2.71 bits per heavy atom. The molecule has 1 aromatic rings. The number of aromatic nitrogens is 2. The fourth-order valence-electron chi connectivity index (χ4n) is 3.99. The molecule has 2 saturated heterocycles. The Hall–Kier alpha value is -1.89. The van der Waals surface area contributed by atoms with Crippen molar-refractivity contribution in [1.29, 1.82) is 0 Å². The highest BCUT2D eigenvalue weighted by atomic mass is 16.5. The van der Waals surface area contributed by atoms with E-state index in [0.29, 0.717) is 26.2 Å². The lowest BCUT2D eigenvalue weighted by atomic mass is 9.93. The number of aromatic amines is 1. The number of ether oxygens (including phenoxy) is 1. The number of hydrogen-bond acceptors (Lipinski definition) is 4. The molecule has 0 spiro atoms. The van der Waals surface area contributed by atoms with Crippen molar-refractivity contribution >= 4 is 11.8 Å². The first-order valence-electron chi connectivity index (χ1n) is 8.92. The van der Waals surface area contributed by atoms with Crippen LogP contribution in [0.5, 0.6) is 0 Å². The minimum Gasteiger partial charge on any atom is -0.368 e. The highest BCUT2D eigenvalue weighted by Gasteiger charge is 2.34. The second kappa shape index (κ2) is 6.55. The van der Waals surface area contributed by atoms with E-state index in [1.54, 1.807) is 0 Å². The summed E-state index contributed by atoms with van der Waals surface area (Å²) in [6.07, 6.45) is 5.72. The Morgan fingerprint density at radius 2 is 1.96 bits per heavy atom. The van der Waals surface area contributed by atoms with E-state index in [1.165, 1.54) is 0 Å². The lowest BCUT2D eigenvalue weighted by Crippen LogP contribution is -2.47. The van der Waals surface area contributed by atoms with Gasteiger partial charge in [0.1, 0.15) is 6.10 Å². The highest BCUT2D eigenvalue weighted by molar-refractivity contribution is 5.82. The topological polar surface area (TPSA) is 78.5 Å². The first kappa shape index (κ1) is 15.6. The van der Waals surface area contributed by atoms with Gasteiger partial charge >= 0.3 is 0 Å². The molecule has 4 heterocycles. The van der Waals surface area contributed by atoms with E-state index in [-0.39, 0.29) is 23.8 Å². The molecule has 0 saturated carbocycles. The molecule has 1 aromatic heterocycles. The lowest BCUT2D eigenvalue weighted by Gasteiger charge is -2.36. The van der Waals surface area contributed by atoms with Crippen LogP contribution in [0.1, 0.15) is 36.9 Å². The molecule has 0 bridgehead atoms. The number of hydrogen-bond donors (Lipinski definition) is 1. The molecule has 3 aliphatic rings. The van der Waals surface area contributed by atoms with Crippen LogP contribution in [-0.4, -0.2) is 64.2 Å². The molecule has 2 fully saturated rings. The van der Waals surface area contributed by atoms with Crippen LogP contribution in [0.15, 0.2) is 6.20 Å². The van der Waals surface area contributed by atoms with Crippen molar-refractivity contribution in [2.24, 2.45) is 5.92 Å². The molecule has 1 N–H and O–H groups in total. The summed E-state index contributed by atoms with van der Waals surface area (Å²) < 4.78 is 5.49. The standard InChI is InChI=1S/C17H24N4O3/c22-16(21-8-5-14-13(11-21)10-18-19-14)12-3-6-20(7-4-12)17(23)15-2-1-9-24-15/h10,12,15H,1-9,11H2,(H,18,19)/t15-/m1/s1. The van der Waals surface area contributed by atoms with Gasteiger partial charge in [0.25, 0.3) is 5.91 Å². The van der Waals surface area contributed by atoms with E-state index in [1.807, 2.05) is 16.0 Å². The zero-order chi connectivity index (χ0) is 16.5. The summed E-state index contributed by atoms with van der Waals surface area (Å²) in [7, 11) is 0. The van der Waals surface area contributed by atoms with Crippen molar-refractivity contribution in [3.8, 4) is 0 Å². The number of likely N-dealkylation sites (tertiary alicyclic amines) is 1. The third kappa shape index (κ3) is 2.92. The van der Waals surface area contributed by atoms with Crippen LogP contribution < -0.4 is 0 Å². The Labute approximate surface area is 141 Å². The Balaban J connectivity index is 1.31. The largest absolute Gasteiger partial charge is 0.368 e. The van der Waals surface area contributed by atoms with Crippen LogP contribution in [0.25, 0.3) is 0 Å². The average molecular weight is 332 g/mol. The Kier molecular flexibility index (Phi) is 4.26. The molecular weight excluding hydrogens is 308 g/mol. The maximum absolute atomic E-state index is 12.8. The number of carbonyl (C=O) groups is 2. The second-order valence-corrected chi connectivity index (χ2v) is 6.98. The molecule has 4 rings (SSSR count). The number of fused-ring (bicyclic) bond motifs is 1. The summed E-state index contributed by atoms with van der Waals surface area (Å²) >= 11 is 0. The fourth-order valence-corrected chi connectivity index (χ4v) is 3.99. The first-order chi connectivity index (χ1) is 11.7. The SMILES string of the molecule is O=C(C1CCN(C(=O)[C@H]2CCCO2)CC1)N1CCc2[nH]ncc2C1. The Bertz CT molecular complexity index is 615. The van der Waals surface area contributed by atoms with Crippen LogP contribution in [0.2, 0.25) is 0 Å². The summed E-state index contributed by atoms with van der Waals surface area (Å²) in [6, 6.07) is 0. The van der Waals surface area contributed by atoms with Crippen LogP contribution in [0.4, 0.5) is 0 Å². The number of rotatable bonds is 2. The number of H-pyrrole nitrogens is 1. The van der Waals surface area contributed by atoms with E-state index in [4.69, 9.17) is 4.74 Å². The number of nitrogens with one attached hydrogen (secondary N) is 1. The van der Waals surface area contributed by atoms with Gasteiger partial charge in [0, 0.05) is 56.4 Å². The smallest absolute Gasteiger partial charge is 0.251 e. The molecule has 0 aromatic carbocycles. The van der Waals surface area contributed by atoms with E-state index >= 15 is 0 Å². The monoisotopic (exact) mass is 332 g/mol. The molecule has 130 valence electrons. The second-order valence-electron chi connectivity index (χ2n) is 6.98. The highest BCUT2D eigenvalue weighted by Crippen LogP contribution is 2.25. The van der Waals surface area contributed by atoms with E-state index in [2.05, 4.69) is 10.2 Å². The lowest BCUT2D eigenvalue weighted by molar-refractivity contribution is -0.146. The van der Waals surface area contributed by atoms with E-state index in [0.717, 1.165) is 49.9 Å². The molecule has 0 radical (unpaired) electrons. The van der Waals surface area contributed by atoms with Crippen LogP contribution in [-0.2, 0) is 27.3 Å². The Morgan fingerprint density at radius 1 is 1.12 bits per heavy atom. The summed E-state index contributed by atoms with van der Waals surface area (Å²) in [6.45, 7) is 3.43. The average Bonchev–Trinajstić information content (AvgIpc) is 3.31. The molecular formula is C17H24N4O3. The van der Waals surface area contributed by atoms with Gasteiger partial charge in [-0.2, -0.15) is 5.10 Å².